The quantitative estimate of drug-likeness (QED) is 0.728. The molecular weight excluding hydrogens is 379 g/mol. The van der Waals surface area contributed by atoms with Gasteiger partial charge in [-0.2, -0.15) is 0 Å². The molecule has 0 aliphatic carbocycles. The predicted molar refractivity (Wildman–Crippen MR) is 91.0 cm³/mol. The van der Waals surface area contributed by atoms with E-state index >= 15 is 0 Å². The number of benzene rings is 1. The van der Waals surface area contributed by atoms with Crippen molar-refractivity contribution in [1.29, 1.82) is 0 Å². The highest BCUT2D eigenvalue weighted by atomic mass is 79.9. The molecule has 2 heterocycles. The van der Waals surface area contributed by atoms with E-state index in [4.69, 9.17) is 0 Å². The van der Waals surface area contributed by atoms with E-state index in [1.54, 1.807) is 6.07 Å². The van der Waals surface area contributed by atoms with Gasteiger partial charge in [0, 0.05) is 23.6 Å². The van der Waals surface area contributed by atoms with Crippen molar-refractivity contribution in [2.45, 2.75) is 25.9 Å². The van der Waals surface area contributed by atoms with Crippen molar-refractivity contribution in [3.05, 3.63) is 40.3 Å². The highest BCUT2D eigenvalue weighted by Crippen LogP contribution is 2.29. The van der Waals surface area contributed by atoms with Crippen LogP contribution in [0, 0.1) is 11.7 Å². The fourth-order valence-corrected chi connectivity index (χ4v) is 3.22. The van der Waals surface area contributed by atoms with E-state index in [0.29, 0.717) is 4.47 Å². The van der Waals surface area contributed by atoms with Crippen molar-refractivity contribution < 1.29 is 14.0 Å². The molecule has 3 rings (SSSR count). The number of rotatable bonds is 4. The Kier molecular flexibility index (Phi) is 4.86. The largest absolute Gasteiger partial charge is 0.335 e. The molecule has 6 nitrogen and oxygen atoms in total. The summed E-state index contributed by atoms with van der Waals surface area (Å²) >= 11 is 3.18. The average Bonchev–Trinajstić information content (AvgIpc) is 2.91. The van der Waals surface area contributed by atoms with Crippen molar-refractivity contribution >= 4 is 33.4 Å². The van der Waals surface area contributed by atoms with Crippen molar-refractivity contribution in [2.24, 2.45) is 5.92 Å². The lowest BCUT2D eigenvalue weighted by Gasteiger charge is -2.29. The maximum atomic E-state index is 13.9. The number of nitrogens with one attached hydrogen (secondary N) is 3. The van der Waals surface area contributed by atoms with E-state index in [0.717, 1.165) is 18.5 Å². The number of halogens is 2. The Bertz CT molecular complexity index is 709. The minimum absolute atomic E-state index is 0.0496. The van der Waals surface area contributed by atoms with Crippen LogP contribution in [0.4, 0.5) is 10.1 Å². The number of carbonyl (C=O) groups excluding carboxylic acids is 2. The molecule has 3 N–H and O–H groups in total. The van der Waals surface area contributed by atoms with Gasteiger partial charge < -0.3 is 15.6 Å². The molecule has 1 saturated heterocycles. The highest BCUT2D eigenvalue weighted by Gasteiger charge is 2.39. The van der Waals surface area contributed by atoms with Gasteiger partial charge in [0.1, 0.15) is 12.0 Å². The van der Waals surface area contributed by atoms with Gasteiger partial charge in [0.05, 0.1) is 11.6 Å². The molecule has 2 unspecified atom stereocenters. The summed E-state index contributed by atoms with van der Waals surface area (Å²) in [6, 6.07) is 4.42. The van der Waals surface area contributed by atoms with Gasteiger partial charge in [0.2, 0.25) is 11.8 Å². The zero-order chi connectivity index (χ0) is 17.3. The van der Waals surface area contributed by atoms with E-state index < -0.39 is 11.7 Å². The first kappa shape index (κ1) is 16.9. The molecule has 0 aromatic heterocycles. The summed E-state index contributed by atoms with van der Waals surface area (Å²) in [5.41, 5.74) is 4.03. The number of carbonyl (C=O) groups is 2. The number of hydrogen-bond donors (Lipinski definition) is 3. The molecular formula is C16H18BrFN4O2. The monoisotopic (exact) mass is 396 g/mol. The Hall–Kier alpha value is -1.93. The summed E-state index contributed by atoms with van der Waals surface area (Å²) in [6.07, 6.45) is 2.45. The Morgan fingerprint density at radius 3 is 3.00 bits per heavy atom. The number of hydrazine groups is 1. The second-order valence-corrected chi connectivity index (χ2v) is 6.74. The number of amides is 2. The minimum Gasteiger partial charge on any atom is -0.335 e. The maximum Gasteiger partial charge on any atom is 0.232 e. The van der Waals surface area contributed by atoms with Crippen molar-refractivity contribution in [3.8, 4) is 0 Å². The number of piperidine rings is 1. The third-order valence-corrected chi connectivity index (χ3v) is 4.49. The first-order chi connectivity index (χ1) is 11.5. The molecule has 24 heavy (non-hydrogen) atoms. The van der Waals surface area contributed by atoms with Crippen LogP contribution in [0.25, 0.3) is 0 Å². The maximum absolute atomic E-state index is 13.9. The van der Waals surface area contributed by atoms with E-state index in [2.05, 4.69) is 32.0 Å². The summed E-state index contributed by atoms with van der Waals surface area (Å²) in [5.74, 6) is -1.75. The molecule has 2 aliphatic rings. The average molecular weight is 397 g/mol. The molecule has 0 spiro atoms. The molecule has 0 saturated carbocycles. The molecule has 2 aliphatic heterocycles. The Morgan fingerprint density at radius 1 is 1.50 bits per heavy atom. The molecule has 0 radical (unpaired) electrons. The first-order valence-corrected chi connectivity index (χ1v) is 8.57. The Morgan fingerprint density at radius 2 is 2.29 bits per heavy atom. The van der Waals surface area contributed by atoms with Crippen molar-refractivity contribution in [3.63, 3.8) is 0 Å². The fraction of sp³-hybridized carbons (Fsp3) is 0.375. The van der Waals surface area contributed by atoms with Crippen LogP contribution in [0.15, 0.2) is 34.4 Å². The first-order valence-electron chi connectivity index (χ1n) is 7.77. The van der Waals surface area contributed by atoms with Gasteiger partial charge in [-0.15, -0.1) is 0 Å². The number of nitrogens with zero attached hydrogens (tertiary/aromatic N) is 1. The third kappa shape index (κ3) is 3.44. The zero-order valence-electron chi connectivity index (χ0n) is 13.1. The van der Waals surface area contributed by atoms with Crippen LogP contribution < -0.4 is 16.1 Å². The van der Waals surface area contributed by atoms with Crippen LogP contribution >= 0.6 is 15.9 Å². The number of anilines is 1. The van der Waals surface area contributed by atoms with Crippen LogP contribution in [-0.2, 0) is 9.59 Å². The standard InChI is InChI=1S/C16H18BrFN4O2/c1-2-5-22-8-11-10(7-14(23)20-15(11)21-22)16(24)19-13-4-3-9(17)6-12(13)18/h3-4,6,8,10,15,21H,2,5,7H2,1H3,(H,19,24)(H,20,23). The molecule has 1 aromatic carbocycles. The van der Waals surface area contributed by atoms with E-state index in [-0.39, 0.29) is 30.1 Å². The lowest BCUT2D eigenvalue weighted by atomic mass is 9.89. The number of hydrogen-bond acceptors (Lipinski definition) is 4. The lowest BCUT2D eigenvalue weighted by Crippen LogP contribution is -2.53. The van der Waals surface area contributed by atoms with Crippen molar-refractivity contribution in [2.75, 3.05) is 11.9 Å². The molecule has 1 aromatic rings. The highest BCUT2D eigenvalue weighted by molar-refractivity contribution is 9.10. The predicted octanol–water partition coefficient (Wildman–Crippen LogP) is 2.10. The molecule has 0 bridgehead atoms. The summed E-state index contributed by atoms with van der Waals surface area (Å²) in [6.45, 7) is 2.81. The Labute approximate surface area is 147 Å². The summed E-state index contributed by atoms with van der Waals surface area (Å²) in [5, 5.41) is 7.27. The van der Waals surface area contributed by atoms with Crippen LogP contribution in [0.2, 0.25) is 0 Å². The summed E-state index contributed by atoms with van der Waals surface area (Å²) in [4.78, 5) is 24.5. The molecule has 2 amide bonds. The van der Waals surface area contributed by atoms with Gasteiger partial charge in [-0.3, -0.25) is 9.59 Å². The molecule has 2 atom stereocenters. The number of fused-ring (bicyclic) bond motifs is 1. The summed E-state index contributed by atoms with van der Waals surface area (Å²) in [7, 11) is 0. The van der Waals surface area contributed by atoms with Crippen LogP contribution in [-0.4, -0.2) is 29.5 Å². The van der Waals surface area contributed by atoms with Crippen LogP contribution in [0.3, 0.4) is 0 Å². The van der Waals surface area contributed by atoms with Crippen LogP contribution in [0.1, 0.15) is 19.8 Å². The van der Waals surface area contributed by atoms with Gasteiger partial charge in [-0.05, 0) is 30.2 Å². The van der Waals surface area contributed by atoms with Crippen molar-refractivity contribution in [1.82, 2.24) is 15.8 Å². The van der Waals surface area contributed by atoms with Gasteiger partial charge >= 0.3 is 0 Å². The molecule has 8 heteroatoms. The second-order valence-electron chi connectivity index (χ2n) is 5.82. The minimum atomic E-state index is -0.624. The molecule has 128 valence electrons. The summed E-state index contributed by atoms with van der Waals surface area (Å²) < 4.78 is 14.5. The van der Waals surface area contributed by atoms with Gasteiger partial charge in [-0.25, -0.2) is 9.82 Å². The molecule has 1 fully saturated rings. The SMILES string of the molecule is CCCN1C=C2C(NC(=O)CC2C(=O)Nc2ccc(Br)cc2F)N1. The lowest BCUT2D eigenvalue weighted by molar-refractivity contribution is -0.128. The Balaban J connectivity index is 1.79. The van der Waals surface area contributed by atoms with Gasteiger partial charge in [0.25, 0.3) is 0 Å². The van der Waals surface area contributed by atoms with Gasteiger partial charge in [0.15, 0.2) is 0 Å². The van der Waals surface area contributed by atoms with Crippen LogP contribution in [0.5, 0.6) is 0 Å². The zero-order valence-corrected chi connectivity index (χ0v) is 14.7. The van der Waals surface area contributed by atoms with E-state index in [1.807, 2.05) is 18.1 Å². The van der Waals surface area contributed by atoms with Gasteiger partial charge in [-0.1, -0.05) is 22.9 Å². The third-order valence-electron chi connectivity index (χ3n) is 4.00. The second kappa shape index (κ2) is 6.90. The smallest absolute Gasteiger partial charge is 0.232 e. The normalized spacial score (nSPS) is 22.7. The topological polar surface area (TPSA) is 73.5 Å². The van der Waals surface area contributed by atoms with E-state index in [1.165, 1.54) is 12.1 Å². The van der Waals surface area contributed by atoms with E-state index in [9.17, 15) is 14.0 Å². The fourth-order valence-electron chi connectivity index (χ4n) is 2.89.